The molecule has 1 amide bonds. The molecule has 1 aromatic carbocycles. The van der Waals surface area contributed by atoms with Crippen LogP contribution in [-0.2, 0) is 6.54 Å². The maximum Gasteiger partial charge on any atom is 0.387 e. The first-order valence-corrected chi connectivity index (χ1v) is 7.31. The maximum atomic E-state index is 12.4. The van der Waals surface area contributed by atoms with Crippen molar-refractivity contribution in [2.75, 3.05) is 5.32 Å². The Labute approximate surface area is 137 Å². The van der Waals surface area contributed by atoms with Crippen LogP contribution >= 0.6 is 11.6 Å². The molecule has 1 N–H and O–H groups in total. The SMILES string of the molecule is CCn1nc(C)c(C(=O)Nc2ccc(OC(F)F)c(Cl)c2)c1C. The molecule has 0 bridgehead atoms. The van der Waals surface area contributed by atoms with Gasteiger partial charge >= 0.3 is 6.61 Å². The molecular formula is C15H16ClF2N3O2. The molecule has 0 saturated heterocycles. The highest BCUT2D eigenvalue weighted by Gasteiger charge is 2.18. The molecule has 1 heterocycles. The summed E-state index contributed by atoms with van der Waals surface area (Å²) in [7, 11) is 0. The number of benzene rings is 1. The molecule has 23 heavy (non-hydrogen) atoms. The van der Waals surface area contributed by atoms with Gasteiger partial charge in [0.2, 0.25) is 0 Å². The fraction of sp³-hybridized carbons (Fsp3) is 0.333. The lowest BCUT2D eigenvalue weighted by Gasteiger charge is -2.10. The van der Waals surface area contributed by atoms with Crippen molar-refractivity contribution in [2.24, 2.45) is 0 Å². The smallest absolute Gasteiger partial charge is 0.387 e. The number of alkyl halides is 2. The quantitative estimate of drug-likeness (QED) is 0.891. The molecule has 0 spiro atoms. The van der Waals surface area contributed by atoms with E-state index in [4.69, 9.17) is 11.6 Å². The van der Waals surface area contributed by atoms with Crippen LogP contribution in [0.1, 0.15) is 28.7 Å². The van der Waals surface area contributed by atoms with Gasteiger partial charge in [-0.1, -0.05) is 11.6 Å². The highest BCUT2D eigenvalue weighted by atomic mass is 35.5. The Morgan fingerprint density at radius 1 is 1.43 bits per heavy atom. The topological polar surface area (TPSA) is 56.2 Å². The number of hydrogen-bond donors (Lipinski definition) is 1. The predicted molar refractivity (Wildman–Crippen MR) is 83.4 cm³/mol. The summed E-state index contributed by atoms with van der Waals surface area (Å²) < 4.78 is 30.4. The Hall–Kier alpha value is -2.15. The first-order chi connectivity index (χ1) is 10.8. The summed E-state index contributed by atoms with van der Waals surface area (Å²) in [5, 5.41) is 6.95. The highest BCUT2D eigenvalue weighted by molar-refractivity contribution is 6.32. The van der Waals surface area contributed by atoms with Crippen LogP contribution in [0.5, 0.6) is 5.75 Å². The third-order valence-electron chi connectivity index (χ3n) is 3.31. The first-order valence-electron chi connectivity index (χ1n) is 6.93. The van der Waals surface area contributed by atoms with Gasteiger partial charge in [0.05, 0.1) is 16.3 Å². The standard InChI is InChI=1S/C15H16ClF2N3O2/c1-4-21-9(3)13(8(2)20-21)14(22)19-10-5-6-12(11(16)7-10)23-15(17)18/h5-7,15H,4H2,1-3H3,(H,19,22). The molecule has 1 aromatic heterocycles. The number of nitrogens with zero attached hydrogens (tertiary/aromatic N) is 2. The lowest BCUT2D eigenvalue weighted by Crippen LogP contribution is -2.14. The zero-order valence-corrected chi connectivity index (χ0v) is 13.6. The first kappa shape index (κ1) is 17.2. The monoisotopic (exact) mass is 343 g/mol. The Morgan fingerprint density at radius 3 is 2.65 bits per heavy atom. The number of nitrogens with one attached hydrogen (secondary N) is 1. The molecule has 2 rings (SSSR count). The molecule has 0 aliphatic carbocycles. The van der Waals surface area contributed by atoms with Gasteiger partial charge in [-0.2, -0.15) is 13.9 Å². The van der Waals surface area contributed by atoms with E-state index in [1.54, 1.807) is 11.6 Å². The summed E-state index contributed by atoms with van der Waals surface area (Å²) in [4.78, 5) is 12.4. The Morgan fingerprint density at radius 2 is 2.13 bits per heavy atom. The second kappa shape index (κ2) is 6.95. The number of carbonyl (C=O) groups excluding carboxylic acids is 1. The zero-order chi connectivity index (χ0) is 17.1. The molecule has 0 aliphatic rings. The summed E-state index contributed by atoms with van der Waals surface area (Å²) in [5.74, 6) is -0.482. The number of aromatic nitrogens is 2. The van der Waals surface area contributed by atoms with Crippen molar-refractivity contribution >= 4 is 23.2 Å². The van der Waals surface area contributed by atoms with Crippen LogP contribution in [0.25, 0.3) is 0 Å². The van der Waals surface area contributed by atoms with E-state index in [2.05, 4.69) is 15.2 Å². The molecular weight excluding hydrogens is 328 g/mol. The third-order valence-corrected chi connectivity index (χ3v) is 3.61. The largest absolute Gasteiger partial charge is 0.433 e. The lowest BCUT2D eigenvalue weighted by atomic mass is 10.1. The van der Waals surface area contributed by atoms with Gasteiger partial charge in [0.1, 0.15) is 5.75 Å². The van der Waals surface area contributed by atoms with Crippen LogP contribution in [0.15, 0.2) is 18.2 Å². The third kappa shape index (κ3) is 3.79. The molecule has 0 aliphatic heterocycles. The Bertz CT molecular complexity index is 732. The summed E-state index contributed by atoms with van der Waals surface area (Å²) in [5.41, 5.74) is 2.23. The molecule has 5 nitrogen and oxygen atoms in total. The van der Waals surface area contributed by atoms with E-state index >= 15 is 0 Å². The second-order valence-corrected chi connectivity index (χ2v) is 5.25. The number of rotatable bonds is 5. The Balaban J connectivity index is 2.21. The van der Waals surface area contributed by atoms with Crippen LogP contribution in [0, 0.1) is 13.8 Å². The molecule has 2 aromatic rings. The average Bonchev–Trinajstić information content (AvgIpc) is 2.76. The van der Waals surface area contributed by atoms with Crippen molar-refractivity contribution in [3.8, 4) is 5.75 Å². The van der Waals surface area contributed by atoms with E-state index in [0.29, 0.717) is 23.5 Å². The van der Waals surface area contributed by atoms with Gasteiger partial charge in [-0.05, 0) is 39.0 Å². The van der Waals surface area contributed by atoms with Crippen molar-refractivity contribution in [3.05, 3.63) is 40.2 Å². The fourth-order valence-corrected chi connectivity index (χ4v) is 2.52. The predicted octanol–water partition coefficient (Wildman–Crippen LogP) is 4.03. The summed E-state index contributed by atoms with van der Waals surface area (Å²) in [6.45, 7) is 3.19. The minimum Gasteiger partial charge on any atom is -0.433 e. The number of ether oxygens (including phenoxy) is 1. The molecule has 124 valence electrons. The van der Waals surface area contributed by atoms with Crippen molar-refractivity contribution in [3.63, 3.8) is 0 Å². The summed E-state index contributed by atoms with van der Waals surface area (Å²) >= 11 is 5.87. The minimum atomic E-state index is -2.96. The van der Waals surface area contributed by atoms with Gasteiger partial charge in [0.15, 0.2) is 0 Å². The molecule has 0 saturated carbocycles. The average molecular weight is 344 g/mol. The zero-order valence-electron chi connectivity index (χ0n) is 12.9. The van der Waals surface area contributed by atoms with Crippen molar-refractivity contribution < 1.29 is 18.3 Å². The van der Waals surface area contributed by atoms with Crippen molar-refractivity contribution in [1.82, 2.24) is 9.78 Å². The fourth-order valence-electron chi connectivity index (χ4n) is 2.30. The van der Waals surface area contributed by atoms with Gasteiger partial charge in [0.25, 0.3) is 5.91 Å². The van der Waals surface area contributed by atoms with Crippen LogP contribution in [0.4, 0.5) is 14.5 Å². The number of carbonyl (C=O) groups is 1. The molecule has 0 fully saturated rings. The van der Waals surface area contributed by atoms with E-state index in [1.807, 2.05) is 13.8 Å². The molecule has 0 atom stereocenters. The van der Waals surface area contributed by atoms with Crippen LogP contribution in [0.3, 0.4) is 0 Å². The van der Waals surface area contributed by atoms with Gasteiger partial charge in [0, 0.05) is 17.9 Å². The van der Waals surface area contributed by atoms with Crippen LogP contribution in [-0.4, -0.2) is 22.3 Å². The van der Waals surface area contributed by atoms with Gasteiger partial charge < -0.3 is 10.1 Å². The number of halogens is 3. The van der Waals surface area contributed by atoms with E-state index in [1.165, 1.54) is 18.2 Å². The molecule has 0 unspecified atom stereocenters. The molecule has 0 radical (unpaired) electrons. The number of amides is 1. The van der Waals surface area contributed by atoms with E-state index < -0.39 is 6.61 Å². The number of aryl methyl sites for hydroxylation is 2. The van der Waals surface area contributed by atoms with Gasteiger partial charge in [-0.25, -0.2) is 0 Å². The van der Waals surface area contributed by atoms with E-state index in [0.717, 1.165) is 5.69 Å². The normalized spacial score (nSPS) is 10.9. The lowest BCUT2D eigenvalue weighted by molar-refractivity contribution is -0.0497. The number of hydrogen-bond acceptors (Lipinski definition) is 3. The minimum absolute atomic E-state index is 0.0132. The highest BCUT2D eigenvalue weighted by Crippen LogP contribution is 2.29. The van der Waals surface area contributed by atoms with Crippen LogP contribution < -0.4 is 10.1 Å². The Kier molecular flexibility index (Phi) is 5.20. The van der Waals surface area contributed by atoms with E-state index in [-0.39, 0.29) is 16.7 Å². The van der Waals surface area contributed by atoms with E-state index in [9.17, 15) is 13.6 Å². The maximum absolute atomic E-state index is 12.4. The molecule has 8 heteroatoms. The summed E-state index contributed by atoms with van der Waals surface area (Å²) in [6, 6.07) is 4.07. The van der Waals surface area contributed by atoms with Crippen molar-refractivity contribution in [2.45, 2.75) is 33.9 Å². The van der Waals surface area contributed by atoms with Gasteiger partial charge in [-0.3, -0.25) is 9.48 Å². The van der Waals surface area contributed by atoms with Gasteiger partial charge in [-0.15, -0.1) is 0 Å². The second-order valence-electron chi connectivity index (χ2n) is 4.84. The van der Waals surface area contributed by atoms with Crippen LogP contribution in [0.2, 0.25) is 5.02 Å². The summed E-state index contributed by atoms with van der Waals surface area (Å²) in [6.07, 6.45) is 0. The van der Waals surface area contributed by atoms with Crippen molar-refractivity contribution in [1.29, 1.82) is 0 Å². The number of anilines is 1.